The van der Waals surface area contributed by atoms with Crippen LogP contribution in [-0.4, -0.2) is 60.1 Å². The Bertz CT molecular complexity index is 602. The third kappa shape index (κ3) is 3.32. The molecule has 0 aliphatic carbocycles. The summed E-state index contributed by atoms with van der Waals surface area (Å²) >= 11 is 0. The van der Waals surface area contributed by atoms with Gasteiger partial charge < -0.3 is 14.5 Å². The molecule has 3 aliphatic rings. The summed E-state index contributed by atoms with van der Waals surface area (Å²) < 4.78 is 5.48. The van der Waals surface area contributed by atoms with Crippen molar-refractivity contribution < 1.29 is 9.53 Å². The highest BCUT2D eigenvalue weighted by molar-refractivity contribution is 5.86. The van der Waals surface area contributed by atoms with Crippen LogP contribution in [0, 0.1) is 17.3 Å². The lowest BCUT2D eigenvalue weighted by molar-refractivity contribution is -0.137. The molecule has 3 fully saturated rings. The lowest BCUT2D eigenvalue weighted by atomic mass is 9.78. The van der Waals surface area contributed by atoms with Crippen LogP contribution in [-0.2, 0) is 16.1 Å². The van der Waals surface area contributed by atoms with Gasteiger partial charge in [-0.15, -0.1) is 0 Å². The first-order valence-corrected chi connectivity index (χ1v) is 9.66. The molecule has 25 heavy (non-hydrogen) atoms. The minimum absolute atomic E-state index is 0.159. The van der Waals surface area contributed by atoms with Gasteiger partial charge in [0.25, 0.3) is 0 Å². The van der Waals surface area contributed by atoms with Gasteiger partial charge in [0.1, 0.15) is 0 Å². The maximum absolute atomic E-state index is 13.2. The van der Waals surface area contributed by atoms with Crippen molar-refractivity contribution in [3.05, 3.63) is 30.1 Å². The molecule has 1 aromatic rings. The molecular formula is C20H29N3O2. The van der Waals surface area contributed by atoms with Gasteiger partial charge in [-0.3, -0.25) is 9.78 Å². The second kappa shape index (κ2) is 7.04. The molecule has 4 heterocycles. The van der Waals surface area contributed by atoms with E-state index in [1.165, 1.54) is 12.8 Å². The first-order chi connectivity index (χ1) is 12.2. The number of likely N-dealkylation sites (tertiary alicyclic amines) is 2. The summed E-state index contributed by atoms with van der Waals surface area (Å²) in [6, 6.07) is 4.00. The average Bonchev–Trinajstić information content (AvgIpc) is 3.11. The summed E-state index contributed by atoms with van der Waals surface area (Å²) in [5.74, 6) is 1.54. The Hall–Kier alpha value is -1.46. The fourth-order valence-corrected chi connectivity index (χ4v) is 4.94. The fraction of sp³-hybridized carbons (Fsp3) is 0.700. The SMILES string of the molecule is C[C@@H]1CN(CC2CCOCC2)C[C@]12CCN(Cc1cccnc1)C2=O. The zero-order chi connectivity index (χ0) is 17.3. The number of carbonyl (C=O) groups excluding carboxylic acids is 1. The second-order valence-corrected chi connectivity index (χ2v) is 8.14. The highest BCUT2D eigenvalue weighted by Crippen LogP contribution is 2.45. The van der Waals surface area contributed by atoms with E-state index in [0.29, 0.717) is 18.4 Å². The Morgan fingerprint density at radius 1 is 1.36 bits per heavy atom. The number of hydrogen-bond acceptors (Lipinski definition) is 4. The van der Waals surface area contributed by atoms with Crippen LogP contribution in [0.1, 0.15) is 31.7 Å². The van der Waals surface area contributed by atoms with Crippen LogP contribution in [0.4, 0.5) is 0 Å². The summed E-state index contributed by atoms with van der Waals surface area (Å²) in [6.07, 6.45) is 6.98. The Kier molecular flexibility index (Phi) is 4.78. The van der Waals surface area contributed by atoms with Crippen molar-refractivity contribution in [1.82, 2.24) is 14.8 Å². The molecule has 2 atom stereocenters. The maximum atomic E-state index is 13.2. The Morgan fingerprint density at radius 3 is 2.96 bits per heavy atom. The van der Waals surface area contributed by atoms with E-state index in [0.717, 1.165) is 57.3 Å². The number of hydrogen-bond donors (Lipinski definition) is 0. The number of nitrogens with zero attached hydrogens (tertiary/aromatic N) is 3. The van der Waals surface area contributed by atoms with E-state index < -0.39 is 0 Å². The molecule has 1 aromatic heterocycles. The lowest BCUT2D eigenvalue weighted by Gasteiger charge is -2.29. The molecule has 0 saturated carbocycles. The molecule has 136 valence electrons. The number of aromatic nitrogens is 1. The molecule has 0 unspecified atom stereocenters. The molecule has 3 saturated heterocycles. The fourth-order valence-electron chi connectivity index (χ4n) is 4.94. The first kappa shape index (κ1) is 17.0. The summed E-state index contributed by atoms with van der Waals surface area (Å²) in [5, 5.41) is 0. The highest BCUT2D eigenvalue weighted by atomic mass is 16.5. The van der Waals surface area contributed by atoms with E-state index in [9.17, 15) is 4.79 Å². The topological polar surface area (TPSA) is 45.7 Å². The monoisotopic (exact) mass is 343 g/mol. The average molecular weight is 343 g/mol. The molecular weight excluding hydrogens is 314 g/mol. The number of carbonyl (C=O) groups is 1. The maximum Gasteiger partial charge on any atom is 0.230 e. The zero-order valence-corrected chi connectivity index (χ0v) is 15.2. The normalized spacial score (nSPS) is 31.3. The van der Waals surface area contributed by atoms with Gasteiger partial charge in [-0.25, -0.2) is 0 Å². The van der Waals surface area contributed by atoms with Gasteiger partial charge in [0.05, 0.1) is 5.41 Å². The number of ether oxygens (including phenoxy) is 1. The molecule has 1 spiro atoms. The summed E-state index contributed by atoms with van der Waals surface area (Å²) in [7, 11) is 0. The lowest BCUT2D eigenvalue weighted by Crippen LogP contribution is -2.40. The van der Waals surface area contributed by atoms with Crippen LogP contribution in [0.15, 0.2) is 24.5 Å². The Labute approximate surface area is 150 Å². The predicted molar refractivity (Wildman–Crippen MR) is 95.9 cm³/mol. The van der Waals surface area contributed by atoms with Crippen molar-refractivity contribution >= 4 is 5.91 Å². The van der Waals surface area contributed by atoms with Crippen molar-refractivity contribution in [2.75, 3.05) is 39.4 Å². The minimum atomic E-state index is -0.159. The van der Waals surface area contributed by atoms with Gasteiger partial charge in [-0.05, 0) is 42.7 Å². The van der Waals surface area contributed by atoms with Crippen molar-refractivity contribution in [2.24, 2.45) is 17.3 Å². The molecule has 5 nitrogen and oxygen atoms in total. The van der Waals surface area contributed by atoms with Gasteiger partial charge in [0, 0.05) is 58.3 Å². The smallest absolute Gasteiger partial charge is 0.230 e. The largest absolute Gasteiger partial charge is 0.381 e. The Morgan fingerprint density at radius 2 is 2.20 bits per heavy atom. The zero-order valence-electron chi connectivity index (χ0n) is 15.2. The van der Waals surface area contributed by atoms with Crippen LogP contribution in [0.25, 0.3) is 0 Å². The van der Waals surface area contributed by atoms with Crippen LogP contribution < -0.4 is 0 Å². The first-order valence-electron chi connectivity index (χ1n) is 9.66. The van der Waals surface area contributed by atoms with Crippen LogP contribution >= 0.6 is 0 Å². The molecule has 4 rings (SSSR count). The molecule has 0 aromatic carbocycles. The number of rotatable bonds is 4. The summed E-state index contributed by atoms with van der Waals surface area (Å²) in [5.41, 5.74) is 0.963. The third-order valence-electron chi connectivity index (χ3n) is 6.48. The predicted octanol–water partition coefficient (Wildman–Crippen LogP) is 2.18. The molecule has 0 bridgehead atoms. The van der Waals surface area contributed by atoms with Gasteiger partial charge in [0.2, 0.25) is 5.91 Å². The second-order valence-electron chi connectivity index (χ2n) is 8.14. The van der Waals surface area contributed by atoms with E-state index in [1.54, 1.807) is 6.20 Å². The van der Waals surface area contributed by atoms with Crippen LogP contribution in [0.5, 0.6) is 0 Å². The van der Waals surface area contributed by atoms with Crippen molar-refractivity contribution in [3.8, 4) is 0 Å². The van der Waals surface area contributed by atoms with Crippen molar-refractivity contribution in [2.45, 2.75) is 32.7 Å². The van der Waals surface area contributed by atoms with E-state index in [2.05, 4.69) is 22.9 Å². The number of pyridine rings is 1. The standard InChI is InChI=1S/C20H29N3O2/c1-16-12-22(13-17-4-9-25-10-5-17)15-20(16)6-8-23(19(20)24)14-18-3-2-7-21-11-18/h2-3,7,11,16-17H,4-6,8-10,12-15H2,1H3/t16-,20-/m1/s1. The molecule has 3 aliphatic heterocycles. The molecule has 1 amide bonds. The van der Waals surface area contributed by atoms with Gasteiger partial charge in [-0.2, -0.15) is 0 Å². The van der Waals surface area contributed by atoms with Gasteiger partial charge in [-0.1, -0.05) is 13.0 Å². The summed E-state index contributed by atoms with van der Waals surface area (Å²) in [4.78, 5) is 22.0. The quantitative estimate of drug-likeness (QED) is 0.841. The third-order valence-corrected chi connectivity index (χ3v) is 6.48. The number of amides is 1. The van der Waals surface area contributed by atoms with Crippen molar-refractivity contribution in [1.29, 1.82) is 0 Å². The molecule has 0 radical (unpaired) electrons. The summed E-state index contributed by atoms with van der Waals surface area (Å²) in [6.45, 7) is 8.77. The van der Waals surface area contributed by atoms with Gasteiger partial charge in [0.15, 0.2) is 0 Å². The van der Waals surface area contributed by atoms with Crippen LogP contribution in [0.2, 0.25) is 0 Å². The van der Waals surface area contributed by atoms with Gasteiger partial charge >= 0.3 is 0 Å². The Balaban J connectivity index is 1.40. The van der Waals surface area contributed by atoms with Crippen molar-refractivity contribution in [3.63, 3.8) is 0 Å². The minimum Gasteiger partial charge on any atom is -0.381 e. The van der Waals surface area contributed by atoms with E-state index in [1.807, 2.05) is 17.2 Å². The highest BCUT2D eigenvalue weighted by Gasteiger charge is 2.54. The molecule has 0 N–H and O–H groups in total. The van der Waals surface area contributed by atoms with Crippen LogP contribution in [0.3, 0.4) is 0 Å². The van der Waals surface area contributed by atoms with E-state index >= 15 is 0 Å². The van der Waals surface area contributed by atoms with E-state index in [-0.39, 0.29) is 5.41 Å². The van der Waals surface area contributed by atoms with E-state index in [4.69, 9.17) is 4.74 Å². The molecule has 5 heteroatoms.